The lowest BCUT2D eigenvalue weighted by Crippen LogP contribution is -2.53. The molecule has 2 N–H and O–H groups in total. The van der Waals surface area contributed by atoms with Crippen molar-refractivity contribution in [3.05, 3.63) is 29.8 Å². The van der Waals surface area contributed by atoms with Gasteiger partial charge in [-0.05, 0) is 25.5 Å². The molecule has 2 rings (SSSR count). The molecule has 1 saturated heterocycles. The van der Waals surface area contributed by atoms with E-state index in [0.717, 1.165) is 17.7 Å². The highest BCUT2D eigenvalue weighted by Crippen LogP contribution is 2.32. The third-order valence-electron chi connectivity index (χ3n) is 3.18. The van der Waals surface area contributed by atoms with E-state index in [1.54, 1.807) is 4.90 Å². The number of carbonyl (C=O) groups is 1. The van der Waals surface area contributed by atoms with E-state index in [0.29, 0.717) is 13.2 Å². The molecule has 0 radical (unpaired) electrons. The predicted molar refractivity (Wildman–Crippen MR) is 66.9 cm³/mol. The molecule has 0 atom stereocenters. The van der Waals surface area contributed by atoms with Crippen molar-refractivity contribution in [1.82, 2.24) is 0 Å². The molecule has 1 aromatic rings. The molecule has 4 heteroatoms. The van der Waals surface area contributed by atoms with Crippen molar-refractivity contribution in [2.75, 3.05) is 11.5 Å². The third-order valence-corrected chi connectivity index (χ3v) is 3.18. The minimum Gasteiger partial charge on any atom is -0.449 e. The molecule has 1 aliphatic rings. The molecule has 0 saturated carbocycles. The Hall–Kier alpha value is -1.55. The van der Waals surface area contributed by atoms with Gasteiger partial charge in [0.1, 0.15) is 0 Å². The summed E-state index contributed by atoms with van der Waals surface area (Å²) in [5, 5.41) is 0. The number of nitrogens with zero attached hydrogens (tertiary/aromatic N) is 1. The van der Waals surface area contributed by atoms with Crippen LogP contribution in [0.15, 0.2) is 24.3 Å². The van der Waals surface area contributed by atoms with Gasteiger partial charge in [-0.25, -0.2) is 4.79 Å². The molecule has 0 aromatic heterocycles. The zero-order valence-electron chi connectivity index (χ0n) is 10.3. The van der Waals surface area contributed by atoms with Crippen LogP contribution in [0.2, 0.25) is 0 Å². The number of cyclic esters (lactones) is 1. The zero-order chi connectivity index (χ0) is 12.5. The Morgan fingerprint density at radius 3 is 2.76 bits per heavy atom. The van der Waals surface area contributed by atoms with Gasteiger partial charge >= 0.3 is 6.09 Å². The Labute approximate surface area is 101 Å². The van der Waals surface area contributed by atoms with Crippen molar-refractivity contribution in [2.45, 2.75) is 32.4 Å². The molecule has 1 aliphatic heterocycles. The van der Waals surface area contributed by atoms with E-state index < -0.39 is 0 Å². The van der Waals surface area contributed by atoms with Gasteiger partial charge in [0.15, 0.2) is 0 Å². The van der Waals surface area contributed by atoms with Gasteiger partial charge in [0, 0.05) is 18.5 Å². The Morgan fingerprint density at radius 1 is 1.41 bits per heavy atom. The molecular weight excluding hydrogens is 216 g/mol. The summed E-state index contributed by atoms with van der Waals surface area (Å²) in [4.78, 5) is 13.6. The summed E-state index contributed by atoms with van der Waals surface area (Å²) in [6.07, 6.45) is 0.527. The second-order valence-electron chi connectivity index (χ2n) is 4.85. The molecule has 0 aliphatic carbocycles. The predicted octanol–water partition coefficient (Wildman–Crippen LogP) is 2.27. The van der Waals surface area contributed by atoms with E-state index >= 15 is 0 Å². The van der Waals surface area contributed by atoms with Crippen molar-refractivity contribution in [2.24, 2.45) is 5.73 Å². The molecule has 1 fully saturated rings. The molecule has 92 valence electrons. The van der Waals surface area contributed by atoms with Gasteiger partial charge in [0.2, 0.25) is 0 Å². The first-order valence-electron chi connectivity index (χ1n) is 5.81. The zero-order valence-corrected chi connectivity index (χ0v) is 10.3. The van der Waals surface area contributed by atoms with Crippen LogP contribution >= 0.6 is 0 Å². The van der Waals surface area contributed by atoms with Crippen molar-refractivity contribution in [3.63, 3.8) is 0 Å². The minimum atomic E-state index is -0.290. The van der Waals surface area contributed by atoms with Crippen LogP contribution in [0.1, 0.15) is 25.8 Å². The van der Waals surface area contributed by atoms with Crippen LogP contribution in [-0.2, 0) is 11.3 Å². The lowest BCUT2D eigenvalue weighted by Gasteiger charge is -2.42. The summed E-state index contributed by atoms with van der Waals surface area (Å²) in [5.41, 5.74) is 7.29. The van der Waals surface area contributed by atoms with Gasteiger partial charge in [-0.1, -0.05) is 18.2 Å². The van der Waals surface area contributed by atoms with Gasteiger partial charge in [-0.15, -0.1) is 0 Å². The maximum absolute atomic E-state index is 11.9. The van der Waals surface area contributed by atoms with Crippen LogP contribution in [0.3, 0.4) is 0 Å². The SMILES string of the molecule is CC1(C)CCOC(=O)N1c1ccccc1CN. The largest absolute Gasteiger partial charge is 0.449 e. The summed E-state index contributed by atoms with van der Waals surface area (Å²) in [7, 11) is 0. The quantitative estimate of drug-likeness (QED) is 0.854. The first kappa shape index (κ1) is 11.9. The minimum absolute atomic E-state index is 0.236. The lowest BCUT2D eigenvalue weighted by atomic mass is 9.96. The van der Waals surface area contributed by atoms with E-state index in [-0.39, 0.29) is 11.6 Å². The Morgan fingerprint density at radius 2 is 2.12 bits per heavy atom. The van der Waals surface area contributed by atoms with E-state index in [2.05, 4.69) is 0 Å². The monoisotopic (exact) mass is 234 g/mol. The maximum atomic E-state index is 11.9. The average Bonchev–Trinajstić information content (AvgIpc) is 2.28. The molecule has 1 heterocycles. The van der Waals surface area contributed by atoms with Crippen LogP contribution in [0, 0.1) is 0 Å². The molecule has 4 nitrogen and oxygen atoms in total. The van der Waals surface area contributed by atoms with Crippen LogP contribution < -0.4 is 10.6 Å². The summed E-state index contributed by atoms with van der Waals surface area (Å²) in [6.45, 7) is 4.98. The molecule has 17 heavy (non-hydrogen) atoms. The van der Waals surface area contributed by atoms with Crippen LogP contribution in [0.25, 0.3) is 0 Å². The first-order valence-corrected chi connectivity index (χ1v) is 5.81. The van der Waals surface area contributed by atoms with E-state index in [9.17, 15) is 4.79 Å². The van der Waals surface area contributed by atoms with Gasteiger partial charge in [-0.3, -0.25) is 4.90 Å². The van der Waals surface area contributed by atoms with Crippen molar-refractivity contribution < 1.29 is 9.53 Å². The number of rotatable bonds is 2. The molecule has 1 amide bonds. The van der Waals surface area contributed by atoms with E-state index in [1.165, 1.54) is 0 Å². The Kier molecular flexibility index (Phi) is 3.07. The van der Waals surface area contributed by atoms with Crippen molar-refractivity contribution in [3.8, 4) is 0 Å². The molecule has 0 bridgehead atoms. The number of nitrogens with two attached hydrogens (primary N) is 1. The highest BCUT2D eigenvalue weighted by atomic mass is 16.6. The normalized spacial score (nSPS) is 19.0. The van der Waals surface area contributed by atoms with E-state index in [1.807, 2.05) is 38.1 Å². The number of hydrogen-bond acceptors (Lipinski definition) is 3. The fourth-order valence-electron chi connectivity index (χ4n) is 2.14. The number of carbonyl (C=O) groups excluding carboxylic acids is 1. The van der Waals surface area contributed by atoms with Crippen molar-refractivity contribution in [1.29, 1.82) is 0 Å². The number of hydrogen-bond donors (Lipinski definition) is 1. The van der Waals surface area contributed by atoms with Crippen LogP contribution in [-0.4, -0.2) is 18.2 Å². The fraction of sp³-hybridized carbons (Fsp3) is 0.462. The van der Waals surface area contributed by atoms with Gasteiger partial charge in [0.25, 0.3) is 0 Å². The third kappa shape index (κ3) is 2.13. The van der Waals surface area contributed by atoms with Gasteiger partial charge < -0.3 is 10.5 Å². The van der Waals surface area contributed by atoms with Crippen LogP contribution in [0.5, 0.6) is 0 Å². The molecular formula is C13H18N2O2. The average molecular weight is 234 g/mol. The number of ether oxygens (including phenoxy) is 1. The van der Waals surface area contributed by atoms with Gasteiger partial charge in [0.05, 0.1) is 12.3 Å². The lowest BCUT2D eigenvalue weighted by molar-refractivity contribution is 0.115. The summed E-state index contributed by atoms with van der Waals surface area (Å²) >= 11 is 0. The summed E-state index contributed by atoms with van der Waals surface area (Å²) in [6, 6.07) is 7.68. The fourth-order valence-corrected chi connectivity index (χ4v) is 2.14. The molecule has 0 unspecified atom stereocenters. The Bertz CT molecular complexity index is 429. The summed E-state index contributed by atoms with van der Waals surface area (Å²) < 4.78 is 5.13. The van der Waals surface area contributed by atoms with Crippen molar-refractivity contribution >= 4 is 11.8 Å². The highest BCUT2D eigenvalue weighted by molar-refractivity contribution is 5.90. The van der Waals surface area contributed by atoms with Gasteiger partial charge in [-0.2, -0.15) is 0 Å². The highest BCUT2D eigenvalue weighted by Gasteiger charge is 2.38. The van der Waals surface area contributed by atoms with Crippen LogP contribution in [0.4, 0.5) is 10.5 Å². The topological polar surface area (TPSA) is 55.6 Å². The van der Waals surface area contributed by atoms with E-state index in [4.69, 9.17) is 10.5 Å². The number of amides is 1. The Balaban J connectivity index is 2.45. The number of benzene rings is 1. The standard InChI is InChI=1S/C13H18N2O2/c1-13(2)7-8-17-12(16)15(13)11-6-4-3-5-10(11)9-14/h3-6H,7-9,14H2,1-2H3. The maximum Gasteiger partial charge on any atom is 0.414 e. The number of anilines is 1. The summed E-state index contributed by atoms with van der Waals surface area (Å²) in [5.74, 6) is 0. The number of para-hydroxylation sites is 1. The second-order valence-corrected chi connectivity index (χ2v) is 4.85. The molecule has 1 aromatic carbocycles. The molecule has 0 spiro atoms. The smallest absolute Gasteiger partial charge is 0.414 e. The first-order chi connectivity index (χ1) is 8.06. The second kappa shape index (κ2) is 4.37.